The fraction of sp³-hybridized carbons (Fsp3) is 0.444. The number of hydrogen-bond acceptors (Lipinski definition) is 6. The minimum atomic E-state index is -0.801. The summed E-state index contributed by atoms with van der Waals surface area (Å²) in [7, 11) is 0. The lowest BCUT2D eigenvalue weighted by molar-refractivity contribution is -0.142. The molecule has 34 heavy (non-hydrogen) atoms. The highest BCUT2D eigenvalue weighted by atomic mass is 16.5. The highest BCUT2D eigenvalue weighted by Gasteiger charge is 2.26. The Labute approximate surface area is 203 Å². The molecule has 184 valence electrons. The normalized spacial score (nSPS) is 16.2. The van der Waals surface area contributed by atoms with Crippen LogP contribution in [0.25, 0.3) is 0 Å². The Morgan fingerprint density at radius 2 is 2.06 bits per heavy atom. The first kappa shape index (κ1) is 25.6. The van der Waals surface area contributed by atoms with Gasteiger partial charge >= 0.3 is 5.97 Å². The molecular formula is C27H38N4O3. The van der Waals surface area contributed by atoms with Gasteiger partial charge in [0.05, 0.1) is 5.92 Å². The van der Waals surface area contributed by atoms with Gasteiger partial charge in [0.15, 0.2) is 0 Å². The van der Waals surface area contributed by atoms with E-state index in [-0.39, 0.29) is 5.92 Å². The minimum Gasteiger partial charge on any atom is -0.492 e. The Hall–Kier alpha value is -3.03. The largest absolute Gasteiger partial charge is 0.492 e. The summed E-state index contributed by atoms with van der Waals surface area (Å²) in [4.78, 5) is 14.3. The van der Waals surface area contributed by atoms with Gasteiger partial charge in [0.2, 0.25) is 0 Å². The molecule has 2 unspecified atom stereocenters. The molecule has 0 saturated heterocycles. The molecule has 5 N–H and O–H groups in total. The molecule has 1 heterocycles. The summed E-state index contributed by atoms with van der Waals surface area (Å²) in [6.07, 6.45) is 2.95. The van der Waals surface area contributed by atoms with Gasteiger partial charge in [-0.3, -0.25) is 9.69 Å². The van der Waals surface area contributed by atoms with Crippen LogP contribution in [0.3, 0.4) is 0 Å². The summed E-state index contributed by atoms with van der Waals surface area (Å²) < 4.78 is 5.92. The number of fused-ring (bicyclic) bond motifs is 1. The monoisotopic (exact) mass is 466 g/mol. The molecule has 2 atom stereocenters. The lowest BCUT2D eigenvalue weighted by Gasteiger charge is -2.25. The number of carbonyl (C=O) groups is 1. The van der Waals surface area contributed by atoms with Gasteiger partial charge in [-0.05, 0) is 55.4 Å². The maximum absolute atomic E-state index is 11.9. The van der Waals surface area contributed by atoms with E-state index in [0.29, 0.717) is 31.7 Å². The third-order valence-corrected chi connectivity index (χ3v) is 6.66. The van der Waals surface area contributed by atoms with Gasteiger partial charge in [-0.25, -0.2) is 5.84 Å². The van der Waals surface area contributed by atoms with Crippen LogP contribution < -0.4 is 16.3 Å². The number of benzene rings is 2. The summed E-state index contributed by atoms with van der Waals surface area (Å²) in [6, 6.07) is 14.5. The third-order valence-electron chi connectivity index (χ3n) is 6.66. The average molecular weight is 467 g/mol. The Kier molecular flexibility index (Phi) is 8.96. The predicted octanol–water partition coefficient (Wildman–Crippen LogP) is 3.97. The molecule has 3 rings (SSSR count). The number of allylic oxidation sites excluding steroid dienone is 1. The van der Waals surface area contributed by atoms with Crippen molar-refractivity contribution in [3.05, 3.63) is 76.6 Å². The molecule has 2 aromatic carbocycles. The predicted molar refractivity (Wildman–Crippen MR) is 135 cm³/mol. The quantitative estimate of drug-likeness (QED) is 0.359. The summed E-state index contributed by atoms with van der Waals surface area (Å²) in [5.74, 6) is 5.31. The molecule has 0 spiro atoms. The number of hydrogen-bond donors (Lipinski definition) is 3. The Bertz CT molecular complexity index is 1010. The number of carboxylic acids is 1. The van der Waals surface area contributed by atoms with Crippen molar-refractivity contribution in [2.75, 3.05) is 19.7 Å². The fourth-order valence-electron chi connectivity index (χ4n) is 4.42. The number of carboxylic acid groups (broad SMARTS) is 1. The molecule has 1 aliphatic rings. The Morgan fingerprint density at radius 1 is 1.29 bits per heavy atom. The van der Waals surface area contributed by atoms with Crippen molar-refractivity contribution in [2.45, 2.75) is 52.6 Å². The zero-order valence-corrected chi connectivity index (χ0v) is 20.5. The maximum atomic E-state index is 11.9. The van der Waals surface area contributed by atoms with E-state index in [1.54, 1.807) is 13.1 Å². The van der Waals surface area contributed by atoms with Gasteiger partial charge in [0, 0.05) is 43.6 Å². The van der Waals surface area contributed by atoms with Crippen molar-refractivity contribution in [2.24, 2.45) is 17.5 Å². The van der Waals surface area contributed by atoms with Gasteiger partial charge < -0.3 is 20.6 Å². The van der Waals surface area contributed by atoms with Gasteiger partial charge in [0.25, 0.3) is 0 Å². The van der Waals surface area contributed by atoms with Crippen LogP contribution in [0.1, 0.15) is 54.9 Å². The van der Waals surface area contributed by atoms with Crippen molar-refractivity contribution >= 4 is 5.97 Å². The lowest BCUT2D eigenvalue weighted by Crippen LogP contribution is -2.26. The fourth-order valence-corrected chi connectivity index (χ4v) is 4.42. The van der Waals surface area contributed by atoms with Crippen LogP contribution in [0.4, 0.5) is 0 Å². The number of para-hydroxylation sites is 1. The molecule has 0 amide bonds. The highest BCUT2D eigenvalue weighted by molar-refractivity contribution is 5.71. The molecular weight excluding hydrogens is 428 g/mol. The topological polar surface area (TPSA) is 105 Å². The van der Waals surface area contributed by atoms with E-state index in [9.17, 15) is 9.90 Å². The van der Waals surface area contributed by atoms with Gasteiger partial charge in [0.1, 0.15) is 12.4 Å². The van der Waals surface area contributed by atoms with Crippen LogP contribution in [0.15, 0.2) is 54.4 Å². The van der Waals surface area contributed by atoms with E-state index in [1.807, 2.05) is 25.1 Å². The van der Waals surface area contributed by atoms with Crippen molar-refractivity contribution in [1.29, 1.82) is 0 Å². The van der Waals surface area contributed by atoms with Crippen LogP contribution in [0.5, 0.6) is 5.75 Å². The first-order valence-corrected chi connectivity index (χ1v) is 12.0. The van der Waals surface area contributed by atoms with E-state index in [4.69, 9.17) is 16.3 Å². The second-order valence-electron chi connectivity index (χ2n) is 9.16. The van der Waals surface area contributed by atoms with Crippen molar-refractivity contribution in [3.63, 3.8) is 0 Å². The summed E-state index contributed by atoms with van der Waals surface area (Å²) >= 11 is 0. The SMILES string of the molecule is CCN(N)/C=C(\N)CCC(c1ccc(C)c(CN2CCOc3ccccc3C2)c1)C(C)C(=O)O. The zero-order chi connectivity index (χ0) is 24.7. The van der Waals surface area contributed by atoms with Crippen LogP contribution in [-0.2, 0) is 17.9 Å². The summed E-state index contributed by atoms with van der Waals surface area (Å²) in [5.41, 5.74) is 11.4. The maximum Gasteiger partial charge on any atom is 0.306 e. The minimum absolute atomic E-state index is 0.148. The van der Waals surface area contributed by atoms with Crippen molar-refractivity contribution in [3.8, 4) is 5.75 Å². The van der Waals surface area contributed by atoms with Crippen molar-refractivity contribution < 1.29 is 14.6 Å². The molecule has 0 aliphatic carbocycles. The molecule has 0 aromatic heterocycles. The van der Waals surface area contributed by atoms with E-state index in [0.717, 1.165) is 30.9 Å². The lowest BCUT2D eigenvalue weighted by atomic mass is 9.82. The number of nitrogens with two attached hydrogens (primary N) is 2. The standard InChI is InChI=1S/C27H38N4O3/c1-4-31(29)18-24(28)11-12-25(20(3)27(32)33)21-10-9-19(2)23(15-21)17-30-13-14-34-26-8-6-5-7-22(26)16-30/h5-10,15,18,20,25H,4,11-14,16-17,28-29H2,1-3H3,(H,32,33)/b24-18-. The first-order chi connectivity index (χ1) is 16.3. The Balaban J connectivity index is 1.80. The van der Waals surface area contributed by atoms with Crippen LogP contribution in [-0.4, -0.2) is 40.7 Å². The van der Waals surface area contributed by atoms with E-state index < -0.39 is 11.9 Å². The van der Waals surface area contributed by atoms with Gasteiger partial charge in [-0.15, -0.1) is 0 Å². The smallest absolute Gasteiger partial charge is 0.306 e. The molecule has 0 fully saturated rings. The molecule has 7 nitrogen and oxygen atoms in total. The van der Waals surface area contributed by atoms with Gasteiger partial charge in [-0.1, -0.05) is 43.3 Å². The summed E-state index contributed by atoms with van der Waals surface area (Å²) in [5, 5.41) is 11.3. The Morgan fingerprint density at radius 3 is 2.79 bits per heavy atom. The van der Waals surface area contributed by atoms with Gasteiger partial charge in [-0.2, -0.15) is 0 Å². The van der Waals surface area contributed by atoms with E-state index in [1.165, 1.54) is 21.7 Å². The number of aliphatic carboxylic acids is 1. The second kappa shape index (κ2) is 11.9. The molecule has 0 bridgehead atoms. The van der Waals surface area contributed by atoms with Crippen LogP contribution in [0.2, 0.25) is 0 Å². The number of hydrazine groups is 1. The molecule has 0 saturated carbocycles. The number of aryl methyl sites for hydroxylation is 1. The first-order valence-electron chi connectivity index (χ1n) is 12.0. The molecule has 0 radical (unpaired) electrons. The van der Waals surface area contributed by atoms with Crippen LogP contribution >= 0.6 is 0 Å². The van der Waals surface area contributed by atoms with Crippen molar-refractivity contribution in [1.82, 2.24) is 9.91 Å². The second-order valence-corrected chi connectivity index (χ2v) is 9.16. The number of rotatable bonds is 10. The summed E-state index contributed by atoms with van der Waals surface area (Å²) in [6.45, 7) is 9.58. The molecule has 7 heteroatoms. The zero-order valence-electron chi connectivity index (χ0n) is 20.5. The van der Waals surface area contributed by atoms with Crippen LogP contribution in [0, 0.1) is 12.8 Å². The van der Waals surface area contributed by atoms with E-state index in [2.05, 4.69) is 36.1 Å². The molecule has 1 aliphatic heterocycles. The highest BCUT2D eigenvalue weighted by Crippen LogP contribution is 2.32. The third kappa shape index (κ3) is 6.74. The number of ether oxygens (including phenoxy) is 1. The molecule has 2 aromatic rings. The van der Waals surface area contributed by atoms with E-state index >= 15 is 0 Å². The average Bonchev–Trinajstić information content (AvgIpc) is 3.02. The number of nitrogens with zero attached hydrogens (tertiary/aromatic N) is 2.